The summed E-state index contributed by atoms with van der Waals surface area (Å²) in [4.78, 5) is 19.4. The smallest absolute Gasteiger partial charge is 0.282 e. The third kappa shape index (κ3) is 3.25. The van der Waals surface area contributed by atoms with E-state index in [4.69, 9.17) is 4.74 Å². The molecular formula is C23H18N2O3. The number of carbonyl (C=O) groups is 1. The third-order valence-corrected chi connectivity index (χ3v) is 4.42. The fourth-order valence-corrected chi connectivity index (χ4v) is 3.08. The van der Waals surface area contributed by atoms with Crippen molar-refractivity contribution in [3.05, 3.63) is 95.7 Å². The van der Waals surface area contributed by atoms with Crippen molar-refractivity contribution in [3.63, 3.8) is 0 Å². The first kappa shape index (κ1) is 17.5. The van der Waals surface area contributed by atoms with Crippen LogP contribution in [0.3, 0.4) is 0 Å². The van der Waals surface area contributed by atoms with Crippen molar-refractivity contribution in [3.8, 4) is 11.5 Å². The van der Waals surface area contributed by atoms with E-state index in [1.165, 1.54) is 4.90 Å². The molecule has 0 aromatic heterocycles. The number of para-hydroxylation sites is 1. The van der Waals surface area contributed by atoms with Gasteiger partial charge in [-0.15, -0.1) is 0 Å². The molecule has 1 heterocycles. The number of hydrogen-bond donors (Lipinski definition) is 1. The zero-order valence-electron chi connectivity index (χ0n) is 15.2. The van der Waals surface area contributed by atoms with Crippen molar-refractivity contribution >= 4 is 23.5 Å². The van der Waals surface area contributed by atoms with Crippen molar-refractivity contribution in [2.75, 3.05) is 12.0 Å². The molecule has 0 fully saturated rings. The molecule has 0 bridgehead atoms. The molecule has 4 rings (SSSR count). The van der Waals surface area contributed by atoms with Gasteiger partial charge in [-0.3, -0.25) is 9.69 Å². The van der Waals surface area contributed by atoms with Gasteiger partial charge in [0.05, 0.1) is 18.4 Å². The molecule has 5 nitrogen and oxygen atoms in total. The van der Waals surface area contributed by atoms with Gasteiger partial charge in [0.2, 0.25) is 0 Å². The highest BCUT2D eigenvalue weighted by Crippen LogP contribution is 2.31. The Bertz CT molecular complexity index is 1070. The van der Waals surface area contributed by atoms with Crippen molar-refractivity contribution in [1.82, 2.24) is 0 Å². The molecule has 0 saturated heterocycles. The molecule has 0 radical (unpaired) electrons. The summed E-state index contributed by atoms with van der Waals surface area (Å²) in [5, 5.41) is 9.61. The Morgan fingerprint density at radius 1 is 0.929 bits per heavy atom. The SMILES string of the molecule is COc1ccccc1C1=N/C(=C/c2ccccc2)C(=O)N1c1ccc(O)cc1. The number of aliphatic imine (C=N–C) groups is 1. The monoisotopic (exact) mass is 370 g/mol. The van der Waals surface area contributed by atoms with Crippen molar-refractivity contribution in [2.24, 2.45) is 4.99 Å². The van der Waals surface area contributed by atoms with E-state index in [-0.39, 0.29) is 11.7 Å². The number of benzene rings is 3. The minimum absolute atomic E-state index is 0.131. The minimum Gasteiger partial charge on any atom is -0.508 e. The molecule has 0 atom stereocenters. The molecule has 28 heavy (non-hydrogen) atoms. The number of carbonyl (C=O) groups excluding carboxylic acids is 1. The standard InChI is InChI=1S/C23H18N2O3/c1-28-21-10-6-5-9-19(21)22-24-20(15-16-7-3-2-4-8-16)23(27)25(22)17-11-13-18(26)14-12-17/h2-15,26H,1H3/b20-15+. The molecule has 0 spiro atoms. The molecule has 3 aromatic carbocycles. The second-order valence-corrected chi connectivity index (χ2v) is 6.23. The quantitative estimate of drug-likeness (QED) is 0.699. The maximum atomic E-state index is 13.2. The van der Waals surface area contributed by atoms with E-state index in [1.807, 2.05) is 54.6 Å². The number of anilines is 1. The van der Waals surface area contributed by atoms with E-state index >= 15 is 0 Å². The summed E-state index contributed by atoms with van der Waals surface area (Å²) in [6.07, 6.45) is 1.76. The molecule has 1 aliphatic heterocycles. The summed E-state index contributed by atoms with van der Waals surface area (Å²) in [6, 6.07) is 23.5. The van der Waals surface area contributed by atoms with Gasteiger partial charge < -0.3 is 9.84 Å². The third-order valence-electron chi connectivity index (χ3n) is 4.42. The van der Waals surface area contributed by atoms with Gasteiger partial charge in [-0.05, 0) is 48.0 Å². The van der Waals surface area contributed by atoms with Crippen LogP contribution >= 0.6 is 0 Å². The van der Waals surface area contributed by atoms with Crippen LogP contribution in [0.2, 0.25) is 0 Å². The second kappa shape index (κ2) is 7.40. The van der Waals surface area contributed by atoms with Crippen LogP contribution in [-0.2, 0) is 4.79 Å². The Morgan fingerprint density at radius 2 is 1.61 bits per heavy atom. The first-order valence-electron chi connectivity index (χ1n) is 8.79. The number of methoxy groups -OCH3 is 1. The average Bonchev–Trinajstić information content (AvgIpc) is 3.05. The van der Waals surface area contributed by atoms with Crippen molar-refractivity contribution in [2.45, 2.75) is 0 Å². The van der Waals surface area contributed by atoms with E-state index in [2.05, 4.69) is 4.99 Å². The summed E-state index contributed by atoms with van der Waals surface area (Å²) in [5.74, 6) is 0.996. The van der Waals surface area contributed by atoms with Crippen LogP contribution in [-0.4, -0.2) is 24.0 Å². The van der Waals surface area contributed by atoms with Gasteiger partial charge in [-0.25, -0.2) is 4.99 Å². The Balaban J connectivity index is 1.86. The minimum atomic E-state index is -0.240. The fourth-order valence-electron chi connectivity index (χ4n) is 3.08. The number of amidine groups is 1. The van der Waals surface area contributed by atoms with Gasteiger partial charge >= 0.3 is 0 Å². The predicted molar refractivity (Wildman–Crippen MR) is 110 cm³/mol. The lowest BCUT2D eigenvalue weighted by atomic mass is 10.1. The molecule has 1 N–H and O–H groups in total. The molecule has 3 aromatic rings. The number of nitrogens with zero attached hydrogens (tertiary/aromatic N) is 2. The maximum Gasteiger partial charge on any atom is 0.282 e. The summed E-state index contributed by atoms with van der Waals surface area (Å²) in [5.41, 5.74) is 2.55. The predicted octanol–water partition coefficient (Wildman–Crippen LogP) is 4.24. The molecule has 0 saturated carbocycles. The molecule has 1 amide bonds. The summed E-state index contributed by atoms with van der Waals surface area (Å²) < 4.78 is 5.47. The number of phenols is 1. The molecule has 0 unspecified atom stereocenters. The summed E-state index contributed by atoms with van der Waals surface area (Å²) in [7, 11) is 1.59. The van der Waals surface area contributed by atoms with Crippen LogP contribution in [0.4, 0.5) is 5.69 Å². The summed E-state index contributed by atoms with van der Waals surface area (Å²) >= 11 is 0. The largest absolute Gasteiger partial charge is 0.508 e. The lowest BCUT2D eigenvalue weighted by Gasteiger charge is -2.19. The first-order valence-corrected chi connectivity index (χ1v) is 8.79. The van der Waals surface area contributed by atoms with Crippen molar-refractivity contribution in [1.29, 1.82) is 0 Å². The van der Waals surface area contributed by atoms with Crippen LogP contribution in [0.25, 0.3) is 6.08 Å². The average molecular weight is 370 g/mol. The highest BCUT2D eigenvalue weighted by atomic mass is 16.5. The Kier molecular flexibility index (Phi) is 4.64. The van der Waals surface area contributed by atoms with Crippen LogP contribution < -0.4 is 9.64 Å². The number of rotatable bonds is 4. The van der Waals surface area contributed by atoms with Crippen LogP contribution in [0.1, 0.15) is 11.1 Å². The van der Waals surface area contributed by atoms with E-state index in [0.29, 0.717) is 28.5 Å². The summed E-state index contributed by atoms with van der Waals surface area (Å²) in [6.45, 7) is 0. The van der Waals surface area contributed by atoms with Crippen molar-refractivity contribution < 1.29 is 14.6 Å². The zero-order chi connectivity index (χ0) is 19.5. The number of ether oxygens (including phenoxy) is 1. The Labute approximate surface area is 162 Å². The highest BCUT2D eigenvalue weighted by molar-refractivity contribution is 6.33. The lowest BCUT2D eigenvalue weighted by molar-refractivity contribution is -0.113. The number of phenolic OH excluding ortho intramolecular Hbond substituents is 1. The maximum absolute atomic E-state index is 13.2. The topological polar surface area (TPSA) is 62.1 Å². The van der Waals surface area contributed by atoms with Gasteiger partial charge in [0.1, 0.15) is 17.2 Å². The van der Waals surface area contributed by atoms with Crippen LogP contribution in [0.15, 0.2) is 89.6 Å². The van der Waals surface area contributed by atoms with Gasteiger partial charge in [-0.2, -0.15) is 0 Å². The fraction of sp³-hybridized carbons (Fsp3) is 0.0435. The number of hydrogen-bond acceptors (Lipinski definition) is 4. The van der Waals surface area contributed by atoms with Gasteiger partial charge in [0, 0.05) is 0 Å². The highest BCUT2D eigenvalue weighted by Gasteiger charge is 2.33. The normalized spacial score (nSPS) is 15.0. The lowest BCUT2D eigenvalue weighted by Crippen LogP contribution is -2.32. The van der Waals surface area contributed by atoms with E-state index in [1.54, 1.807) is 37.5 Å². The van der Waals surface area contributed by atoms with E-state index in [0.717, 1.165) is 5.56 Å². The first-order chi connectivity index (χ1) is 13.7. The van der Waals surface area contributed by atoms with Gasteiger partial charge in [0.25, 0.3) is 5.91 Å². The van der Waals surface area contributed by atoms with Gasteiger partial charge in [0.15, 0.2) is 5.84 Å². The Hall–Kier alpha value is -3.86. The molecule has 138 valence electrons. The van der Waals surface area contributed by atoms with Gasteiger partial charge in [-0.1, -0.05) is 42.5 Å². The van der Waals surface area contributed by atoms with Crippen LogP contribution in [0, 0.1) is 0 Å². The van der Waals surface area contributed by atoms with Crippen LogP contribution in [0.5, 0.6) is 11.5 Å². The Morgan fingerprint density at radius 3 is 2.32 bits per heavy atom. The van der Waals surface area contributed by atoms with E-state index in [9.17, 15) is 9.90 Å². The van der Waals surface area contributed by atoms with E-state index < -0.39 is 0 Å². The molecule has 5 heteroatoms. The molecule has 1 aliphatic rings. The number of amides is 1. The molecule has 0 aliphatic carbocycles. The second-order valence-electron chi connectivity index (χ2n) is 6.23. The zero-order valence-corrected chi connectivity index (χ0v) is 15.2. The number of aromatic hydroxyl groups is 1. The molecular weight excluding hydrogens is 352 g/mol.